The molecular weight excluding hydrogens is 290 g/mol. The van der Waals surface area contributed by atoms with E-state index in [4.69, 9.17) is 4.74 Å². The Balaban J connectivity index is 2.02. The van der Waals surface area contributed by atoms with Gasteiger partial charge in [0, 0.05) is 13.0 Å². The Morgan fingerprint density at radius 3 is 2.76 bits per heavy atom. The summed E-state index contributed by atoms with van der Waals surface area (Å²) in [5.74, 6) is 0.752. The summed E-state index contributed by atoms with van der Waals surface area (Å²) in [4.78, 5) is 0.217. The van der Waals surface area contributed by atoms with Gasteiger partial charge in [-0.3, -0.25) is 0 Å². The summed E-state index contributed by atoms with van der Waals surface area (Å²) in [5, 5.41) is 9.90. The molecule has 118 valence electrons. The van der Waals surface area contributed by atoms with Crippen LogP contribution in [0.4, 0.5) is 0 Å². The van der Waals surface area contributed by atoms with Crippen molar-refractivity contribution < 1.29 is 18.3 Å². The second kappa shape index (κ2) is 5.94. The van der Waals surface area contributed by atoms with Gasteiger partial charge in [-0.25, -0.2) is 13.1 Å². The zero-order valence-electron chi connectivity index (χ0n) is 12.7. The number of hydrogen-bond acceptors (Lipinski definition) is 4. The highest BCUT2D eigenvalue weighted by Crippen LogP contribution is 2.27. The molecule has 0 fully saturated rings. The highest BCUT2D eigenvalue weighted by molar-refractivity contribution is 7.89. The molecule has 0 amide bonds. The number of sulfonamides is 1. The first-order chi connectivity index (χ1) is 9.67. The van der Waals surface area contributed by atoms with Crippen molar-refractivity contribution in [2.24, 2.45) is 5.41 Å². The highest BCUT2D eigenvalue weighted by Gasteiger charge is 2.22. The highest BCUT2D eigenvalue weighted by atomic mass is 32.2. The van der Waals surface area contributed by atoms with Gasteiger partial charge in [-0.1, -0.05) is 20.8 Å². The van der Waals surface area contributed by atoms with Crippen molar-refractivity contribution in [3.63, 3.8) is 0 Å². The minimum atomic E-state index is -3.60. The van der Waals surface area contributed by atoms with E-state index in [1.807, 2.05) is 20.8 Å². The van der Waals surface area contributed by atoms with E-state index in [1.165, 1.54) is 6.07 Å². The van der Waals surface area contributed by atoms with Gasteiger partial charge >= 0.3 is 0 Å². The Hall–Kier alpha value is -1.11. The Morgan fingerprint density at radius 1 is 1.38 bits per heavy atom. The number of nitrogens with one attached hydrogen (secondary N) is 1. The lowest BCUT2D eigenvalue weighted by atomic mass is 9.89. The fraction of sp³-hybridized carbons (Fsp3) is 0.600. The molecule has 0 saturated heterocycles. The van der Waals surface area contributed by atoms with Crippen LogP contribution in [0.25, 0.3) is 0 Å². The van der Waals surface area contributed by atoms with Crippen LogP contribution < -0.4 is 9.46 Å². The van der Waals surface area contributed by atoms with Gasteiger partial charge < -0.3 is 9.84 Å². The average molecular weight is 313 g/mol. The fourth-order valence-corrected chi connectivity index (χ4v) is 3.52. The number of fused-ring (bicyclic) bond motifs is 1. The third kappa shape index (κ3) is 4.43. The molecule has 0 saturated carbocycles. The normalized spacial score (nSPS) is 16.4. The predicted octanol–water partition coefficient (Wildman–Crippen LogP) is 1.70. The molecule has 2 N–H and O–H groups in total. The van der Waals surface area contributed by atoms with Crippen molar-refractivity contribution in [1.29, 1.82) is 0 Å². The van der Waals surface area contributed by atoms with Crippen LogP contribution in [-0.2, 0) is 16.4 Å². The van der Waals surface area contributed by atoms with E-state index in [0.717, 1.165) is 17.7 Å². The van der Waals surface area contributed by atoms with Gasteiger partial charge in [-0.2, -0.15) is 0 Å². The van der Waals surface area contributed by atoms with Gasteiger partial charge in [0.25, 0.3) is 0 Å². The largest absolute Gasteiger partial charge is 0.493 e. The molecule has 0 aromatic heterocycles. The Labute approximate surface area is 126 Å². The maximum atomic E-state index is 12.2. The molecule has 1 heterocycles. The monoisotopic (exact) mass is 313 g/mol. The SMILES string of the molecule is CC(C)(C)CC(O)CNS(=O)(=O)c1ccc2c(c1)CCO2. The van der Waals surface area contributed by atoms with Crippen molar-refractivity contribution in [3.8, 4) is 5.75 Å². The van der Waals surface area contributed by atoms with Crippen LogP contribution in [0.1, 0.15) is 32.8 Å². The molecule has 0 bridgehead atoms. The second-order valence-corrected chi connectivity index (χ2v) is 8.41. The molecule has 5 nitrogen and oxygen atoms in total. The first-order valence-corrected chi connectivity index (χ1v) is 8.59. The van der Waals surface area contributed by atoms with E-state index in [0.29, 0.717) is 13.0 Å². The predicted molar refractivity (Wildman–Crippen MR) is 80.9 cm³/mol. The molecule has 1 unspecified atom stereocenters. The van der Waals surface area contributed by atoms with Crippen molar-refractivity contribution in [2.45, 2.75) is 44.6 Å². The van der Waals surface area contributed by atoms with Gasteiger partial charge in [-0.15, -0.1) is 0 Å². The number of rotatable bonds is 5. The van der Waals surface area contributed by atoms with Gasteiger partial charge in [-0.05, 0) is 35.6 Å². The first-order valence-electron chi connectivity index (χ1n) is 7.11. The lowest BCUT2D eigenvalue weighted by molar-refractivity contribution is 0.125. The van der Waals surface area contributed by atoms with E-state index >= 15 is 0 Å². The average Bonchev–Trinajstić information content (AvgIpc) is 2.81. The van der Waals surface area contributed by atoms with Gasteiger partial charge in [0.15, 0.2) is 0 Å². The van der Waals surface area contributed by atoms with Crippen LogP contribution in [0.15, 0.2) is 23.1 Å². The minimum absolute atomic E-state index is 0.0210. The van der Waals surface area contributed by atoms with Crippen LogP contribution in [0, 0.1) is 5.41 Å². The number of aliphatic hydroxyl groups is 1. The topological polar surface area (TPSA) is 75.6 Å². The molecule has 1 aromatic rings. The summed E-state index contributed by atoms with van der Waals surface area (Å²) in [6.07, 6.45) is 0.566. The number of aliphatic hydroxyl groups excluding tert-OH is 1. The summed E-state index contributed by atoms with van der Waals surface area (Å²) in [7, 11) is -3.60. The van der Waals surface area contributed by atoms with Crippen LogP contribution in [0.2, 0.25) is 0 Å². The summed E-state index contributed by atoms with van der Waals surface area (Å²) >= 11 is 0. The third-order valence-corrected chi connectivity index (χ3v) is 4.75. The van der Waals surface area contributed by atoms with Crippen LogP contribution in [0.5, 0.6) is 5.75 Å². The van der Waals surface area contributed by atoms with Gasteiger partial charge in [0.2, 0.25) is 10.0 Å². The second-order valence-electron chi connectivity index (χ2n) is 6.64. The van der Waals surface area contributed by atoms with Crippen molar-refractivity contribution in [1.82, 2.24) is 4.72 Å². The summed E-state index contributed by atoms with van der Waals surface area (Å²) in [6, 6.07) is 4.85. The zero-order chi connectivity index (χ0) is 15.7. The smallest absolute Gasteiger partial charge is 0.240 e. The molecule has 6 heteroatoms. The molecule has 21 heavy (non-hydrogen) atoms. The molecular formula is C15H23NO4S. The maximum absolute atomic E-state index is 12.2. The fourth-order valence-electron chi connectivity index (χ4n) is 2.40. The molecule has 0 aliphatic carbocycles. The van der Waals surface area contributed by atoms with E-state index in [-0.39, 0.29) is 16.9 Å². The van der Waals surface area contributed by atoms with Crippen LogP contribution >= 0.6 is 0 Å². The van der Waals surface area contributed by atoms with Crippen molar-refractivity contribution in [2.75, 3.05) is 13.2 Å². The molecule has 1 atom stereocenters. The molecule has 2 rings (SSSR count). The lowest BCUT2D eigenvalue weighted by Crippen LogP contribution is -2.34. The molecule has 1 aromatic carbocycles. The van der Waals surface area contributed by atoms with Crippen LogP contribution in [-0.4, -0.2) is 32.8 Å². The quantitative estimate of drug-likeness (QED) is 0.867. The van der Waals surface area contributed by atoms with Gasteiger partial charge in [0.05, 0.1) is 17.6 Å². The minimum Gasteiger partial charge on any atom is -0.493 e. The number of hydrogen-bond donors (Lipinski definition) is 2. The standard InChI is InChI=1S/C15H23NO4S/c1-15(2,3)9-12(17)10-16-21(18,19)13-4-5-14-11(8-13)6-7-20-14/h4-5,8,12,16-17H,6-7,9-10H2,1-3H3. The van der Waals surface area contributed by atoms with Crippen molar-refractivity contribution >= 4 is 10.0 Å². The first kappa shape index (κ1) is 16.3. The molecule has 1 aliphatic rings. The Kier molecular flexibility index (Phi) is 4.60. The van der Waals surface area contributed by atoms with Crippen molar-refractivity contribution in [3.05, 3.63) is 23.8 Å². The van der Waals surface area contributed by atoms with E-state index in [9.17, 15) is 13.5 Å². The van der Waals surface area contributed by atoms with E-state index in [1.54, 1.807) is 12.1 Å². The molecule has 0 spiro atoms. The Bertz CT molecular complexity index is 605. The molecule has 1 aliphatic heterocycles. The summed E-state index contributed by atoms with van der Waals surface area (Å²) in [5.41, 5.74) is 0.864. The summed E-state index contributed by atoms with van der Waals surface area (Å²) < 4.78 is 32.3. The van der Waals surface area contributed by atoms with Crippen LogP contribution in [0.3, 0.4) is 0 Å². The van der Waals surface area contributed by atoms with E-state index in [2.05, 4.69) is 4.72 Å². The summed E-state index contributed by atoms with van der Waals surface area (Å²) in [6.45, 7) is 6.63. The van der Waals surface area contributed by atoms with Gasteiger partial charge in [0.1, 0.15) is 5.75 Å². The van der Waals surface area contributed by atoms with E-state index < -0.39 is 16.1 Å². The zero-order valence-corrected chi connectivity index (χ0v) is 13.5. The number of benzene rings is 1. The Morgan fingerprint density at radius 2 is 2.10 bits per heavy atom. The molecule has 0 radical (unpaired) electrons. The lowest BCUT2D eigenvalue weighted by Gasteiger charge is -2.22. The maximum Gasteiger partial charge on any atom is 0.240 e. The number of ether oxygens (including phenoxy) is 1. The third-order valence-electron chi connectivity index (χ3n) is 3.33.